The molecule has 0 spiro atoms. The summed E-state index contributed by atoms with van der Waals surface area (Å²) in [5.74, 6) is 0.0698. The molecule has 5 heteroatoms. The minimum absolute atomic E-state index is 0.0210. The minimum Gasteiger partial charge on any atom is -0.487 e. The average molecular weight is 300 g/mol. The highest BCUT2D eigenvalue weighted by Crippen LogP contribution is 2.27. The van der Waals surface area contributed by atoms with Gasteiger partial charge in [-0.1, -0.05) is 35.3 Å². The van der Waals surface area contributed by atoms with Crippen LogP contribution in [0.3, 0.4) is 0 Å². The molecule has 0 unspecified atom stereocenters. The van der Waals surface area contributed by atoms with Crippen molar-refractivity contribution in [1.29, 1.82) is 0 Å². The molecule has 0 amide bonds. The van der Waals surface area contributed by atoms with E-state index in [0.717, 1.165) is 5.56 Å². The number of halogens is 3. The second kappa shape index (κ2) is 6.24. The van der Waals surface area contributed by atoms with E-state index in [1.165, 1.54) is 6.07 Å². The Kier molecular flexibility index (Phi) is 4.64. The van der Waals surface area contributed by atoms with Crippen molar-refractivity contribution in [3.05, 3.63) is 63.4 Å². The molecule has 19 heavy (non-hydrogen) atoms. The highest BCUT2D eigenvalue weighted by atomic mass is 35.5. The zero-order chi connectivity index (χ0) is 13.8. The number of hydrogen-bond donors (Lipinski definition) is 1. The molecule has 2 aromatic rings. The maximum atomic E-state index is 13.6. The van der Waals surface area contributed by atoms with Crippen LogP contribution >= 0.6 is 23.2 Å². The molecule has 0 aliphatic carbocycles. The van der Waals surface area contributed by atoms with Crippen LogP contribution in [0.25, 0.3) is 0 Å². The molecule has 0 fully saturated rings. The Hall–Kier alpha value is -1.29. The minimum atomic E-state index is -0.401. The molecule has 100 valence electrons. The van der Waals surface area contributed by atoms with Crippen LogP contribution in [0.15, 0.2) is 36.4 Å². The number of hydrogen-bond acceptors (Lipinski definition) is 2. The van der Waals surface area contributed by atoms with Crippen LogP contribution in [0, 0.1) is 5.82 Å². The SMILES string of the molecule is NCc1ccc(OCc2c(F)cccc2Cl)c(Cl)c1. The quantitative estimate of drug-likeness (QED) is 0.919. The Morgan fingerprint density at radius 3 is 2.53 bits per heavy atom. The lowest BCUT2D eigenvalue weighted by molar-refractivity contribution is 0.300. The van der Waals surface area contributed by atoms with E-state index in [9.17, 15) is 4.39 Å². The van der Waals surface area contributed by atoms with E-state index in [0.29, 0.717) is 27.9 Å². The molecule has 0 saturated heterocycles. The van der Waals surface area contributed by atoms with E-state index in [1.54, 1.807) is 24.3 Å². The van der Waals surface area contributed by atoms with E-state index in [-0.39, 0.29) is 6.61 Å². The van der Waals surface area contributed by atoms with Gasteiger partial charge in [0, 0.05) is 12.1 Å². The van der Waals surface area contributed by atoms with Gasteiger partial charge in [-0.15, -0.1) is 0 Å². The fourth-order valence-electron chi connectivity index (χ4n) is 1.61. The summed E-state index contributed by atoms with van der Waals surface area (Å²) in [7, 11) is 0. The van der Waals surface area contributed by atoms with Crippen LogP contribution in [0.5, 0.6) is 5.75 Å². The van der Waals surface area contributed by atoms with E-state index >= 15 is 0 Å². The lowest BCUT2D eigenvalue weighted by atomic mass is 10.2. The first-order chi connectivity index (χ1) is 9.11. The van der Waals surface area contributed by atoms with E-state index in [1.807, 2.05) is 6.07 Å². The summed E-state index contributed by atoms with van der Waals surface area (Å²) >= 11 is 12.0. The van der Waals surface area contributed by atoms with Crippen LogP contribution in [0.2, 0.25) is 10.0 Å². The molecular formula is C14H12Cl2FNO. The van der Waals surface area contributed by atoms with Crippen molar-refractivity contribution < 1.29 is 9.13 Å². The molecule has 0 atom stereocenters. The molecule has 2 N–H and O–H groups in total. The Morgan fingerprint density at radius 1 is 1.11 bits per heavy atom. The van der Waals surface area contributed by atoms with Crippen molar-refractivity contribution in [1.82, 2.24) is 0 Å². The van der Waals surface area contributed by atoms with E-state index in [2.05, 4.69) is 0 Å². The molecule has 0 bridgehead atoms. The van der Waals surface area contributed by atoms with Gasteiger partial charge in [0.2, 0.25) is 0 Å². The molecule has 0 radical (unpaired) electrons. The van der Waals surface area contributed by atoms with Crippen molar-refractivity contribution in [2.45, 2.75) is 13.2 Å². The lowest BCUT2D eigenvalue weighted by Gasteiger charge is -2.10. The molecule has 0 heterocycles. The molecular weight excluding hydrogens is 288 g/mol. The molecule has 0 aliphatic rings. The number of nitrogens with two attached hydrogens (primary N) is 1. The second-order valence-electron chi connectivity index (χ2n) is 3.96. The normalized spacial score (nSPS) is 10.5. The van der Waals surface area contributed by atoms with Crippen molar-refractivity contribution >= 4 is 23.2 Å². The van der Waals surface area contributed by atoms with Crippen LogP contribution < -0.4 is 10.5 Å². The summed E-state index contributed by atoms with van der Waals surface area (Å²) in [4.78, 5) is 0. The van der Waals surface area contributed by atoms with Crippen molar-refractivity contribution in [2.75, 3.05) is 0 Å². The van der Waals surface area contributed by atoms with Gasteiger partial charge in [0.15, 0.2) is 0 Å². The molecule has 0 aromatic heterocycles. The molecule has 0 saturated carbocycles. The topological polar surface area (TPSA) is 35.2 Å². The molecule has 0 aliphatic heterocycles. The van der Waals surface area contributed by atoms with Gasteiger partial charge in [-0.3, -0.25) is 0 Å². The van der Waals surface area contributed by atoms with Crippen LogP contribution in [0.1, 0.15) is 11.1 Å². The van der Waals surface area contributed by atoms with Gasteiger partial charge in [0.05, 0.1) is 10.0 Å². The summed E-state index contributed by atoms with van der Waals surface area (Å²) in [6.45, 7) is 0.423. The molecule has 2 aromatic carbocycles. The van der Waals surface area contributed by atoms with E-state index in [4.69, 9.17) is 33.7 Å². The Balaban J connectivity index is 2.15. The highest BCUT2D eigenvalue weighted by molar-refractivity contribution is 6.32. The molecule has 2 nitrogen and oxygen atoms in total. The zero-order valence-electron chi connectivity index (χ0n) is 10.00. The summed E-state index contributed by atoms with van der Waals surface area (Å²) in [5, 5.41) is 0.769. The Bertz CT molecular complexity index is 569. The molecule has 2 rings (SSSR count). The van der Waals surface area contributed by atoms with Gasteiger partial charge >= 0.3 is 0 Å². The smallest absolute Gasteiger partial charge is 0.138 e. The maximum Gasteiger partial charge on any atom is 0.138 e. The van der Waals surface area contributed by atoms with Gasteiger partial charge in [-0.05, 0) is 29.8 Å². The summed E-state index contributed by atoms with van der Waals surface area (Å²) < 4.78 is 19.0. The lowest BCUT2D eigenvalue weighted by Crippen LogP contribution is -2.01. The van der Waals surface area contributed by atoms with Gasteiger partial charge in [0.25, 0.3) is 0 Å². The largest absolute Gasteiger partial charge is 0.487 e. The van der Waals surface area contributed by atoms with Gasteiger partial charge in [-0.2, -0.15) is 0 Å². The van der Waals surface area contributed by atoms with Crippen LogP contribution in [-0.4, -0.2) is 0 Å². The maximum absolute atomic E-state index is 13.6. The van der Waals surface area contributed by atoms with Gasteiger partial charge < -0.3 is 10.5 Å². The monoisotopic (exact) mass is 299 g/mol. The summed E-state index contributed by atoms with van der Waals surface area (Å²) in [6.07, 6.45) is 0. The number of ether oxygens (including phenoxy) is 1. The van der Waals surface area contributed by atoms with Crippen molar-refractivity contribution in [2.24, 2.45) is 5.73 Å². The Labute approximate surface area is 120 Å². The van der Waals surface area contributed by atoms with Crippen LogP contribution in [0.4, 0.5) is 4.39 Å². The fourth-order valence-corrected chi connectivity index (χ4v) is 2.08. The third-order valence-electron chi connectivity index (χ3n) is 2.67. The van der Waals surface area contributed by atoms with Crippen molar-refractivity contribution in [3.8, 4) is 5.75 Å². The van der Waals surface area contributed by atoms with Gasteiger partial charge in [-0.25, -0.2) is 4.39 Å². The fraction of sp³-hybridized carbons (Fsp3) is 0.143. The Morgan fingerprint density at radius 2 is 1.89 bits per heavy atom. The predicted molar refractivity (Wildman–Crippen MR) is 75.1 cm³/mol. The first kappa shape index (κ1) is 14.1. The second-order valence-corrected chi connectivity index (χ2v) is 4.77. The third kappa shape index (κ3) is 3.38. The van der Waals surface area contributed by atoms with Crippen LogP contribution in [-0.2, 0) is 13.2 Å². The van der Waals surface area contributed by atoms with Gasteiger partial charge in [0.1, 0.15) is 18.2 Å². The highest BCUT2D eigenvalue weighted by Gasteiger charge is 2.09. The summed E-state index contributed by atoms with van der Waals surface area (Å²) in [6, 6.07) is 9.74. The summed E-state index contributed by atoms with van der Waals surface area (Å²) in [5.41, 5.74) is 6.72. The first-order valence-electron chi connectivity index (χ1n) is 5.66. The first-order valence-corrected chi connectivity index (χ1v) is 6.41. The zero-order valence-corrected chi connectivity index (χ0v) is 11.5. The number of rotatable bonds is 4. The van der Waals surface area contributed by atoms with E-state index < -0.39 is 5.82 Å². The average Bonchev–Trinajstić information content (AvgIpc) is 2.39. The van der Waals surface area contributed by atoms with Crippen molar-refractivity contribution in [3.63, 3.8) is 0 Å². The number of benzene rings is 2. The third-order valence-corrected chi connectivity index (χ3v) is 3.32. The standard InChI is InChI=1S/C14H12Cl2FNO/c15-11-2-1-3-13(17)10(11)8-19-14-5-4-9(7-18)6-12(14)16/h1-6H,7-8,18H2. The predicted octanol–water partition coefficient (Wildman–Crippen LogP) is 4.17.